The maximum absolute atomic E-state index is 14.0. The molecule has 8 heteroatoms. The number of nitrogens with zero attached hydrogens (tertiary/aromatic N) is 3. The molecule has 0 saturated carbocycles. The van der Waals surface area contributed by atoms with E-state index in [-0.39, 0.29) is 11.5 Å². The normalized spacial score (nSPS) is 16.4. The number of hydrogen-bond donors (Lipinski definition) is 0. The van der Waals surface area contributed by atoms with Crippen LogP contribution in [0, 0.1) is 11.6 Å². The number of aromatic nitrogens is 2. The molecule has 3 aromatic rings. The molecule has 4 rings (SSSR count). The van der Waals surface area contributed by atoms with Gasteiger partial charge in [0.2, 0.25) is 11.7 Å². The lowest BCUT2D eigenvalue weighted by molar-refractivity contribution is 0.0704. The second-order valence-electron chi connectivity index (χ2n) is 6.44. The smallest absolute Gasteiger partial charge is 0.257 e. The summed E-state index contributed by atoms with van der Waals surface area (Å²) in [5, 5.41) is 4.00. The van der Waals surface area contributed by atoms with Gasteiger partial charge in [0.15, 0.2) is 0 Å². The van der Waals surface area contributed by atoms with Crippen molar-refractivity contribution in [2.45, 2.75) is 18.9 Å². The Morgan fingerprint density at radius 3 is 2.89 bits per heavy atom. The van der Waals surface area contributed by atoms with Gasteiger partial charge in [-0.1, -0.05) is 17.3 Å². The SMILES string of the molecule is COc1ccccc1-c1noc([C@H]2CCCN2C(=O)c2cc(F)ccc2F)n1. The molecule has 1 amide bonds. The molecule has 1 aromatic heterocycles. The van der Waals surface area contributed by atoms with Gasteiger partial charge in [-0.15, -0.1) is 0 Å². The Balaban J connectivity index is 1.63. The van der Waals surface area contributed by atoms with Crippen LogP contribution >= 0.6 is 0 Å². The van der Waals surface area contributed by atoms with Gasteiger partial charge in [-0.25, -0.2) is 8.78 Å². The maximum atomic E-state index is 14.0. The second-order valence-corrected chi connectivity index (χ2v) is 6.44. The van der Waals surface area contributed by atoms with E-state index in [4.69, 9.17) is 9.26 Å². The van der Waals surface area contributed by atoms with Crippen molar-refractivity contribution < 1.29 is 22.8 Å². The van der Waals surface area contributed by atoms with Crippen LogP contribution in [0.4, 0.5) is 8.78 Å². The number of carbonyl (C=O) groups excluding carboxylic acids is 1. The van der Waals surface area contributed by atoms with E-state index in [0.717, 1.165) is 18.2 Å². The lowest BCUT2D eigenvalue weighted by Crippen LogP contribution is -2.31. The summed E-state index contributed by atoms with van der Waals surface area (Å²) in [5.41, 5.74) is 0.350. The first-order valence-electron chi connectivity index (χ1n) is 8.81. The zero-order valence-corrected chi connectivity index (χ0v) is 15.1. The molecule has 28 heavy (non-hydrogen) atoms. The largest absolute Gasteiger partial charge is 0.496 e. The summed E-state index contributed by atoms with van der Waals surface area (Å²) in [6, 6.07) is 9.56. The van der Waals surface area contributed by atoms with E-state index in [1.807, 2.05) is 12.1 Å². The van der Waals surface area contributed by atoms with Gasteiger partial charge in [-0.3, -0.25) is 4.79 Å². The third-order valence-corrected chi connectivity index (χ3v) is 4.75. The van der Waals surface area contributed by atoms with Crippen LogP contribution in [0.15, 0.2) is 47.0 Å². The summed E-state index contributed by atoms with van der Waals surface area (Å²) in [6.07, 6.45) is 1.29. The Morgan fingerprint density at radius 1 is 1.25 bits per heavy atom. The molecule has 0 aliphatic carbocycles. The van der Waals surface area contributed by atoms with E-state index in [0.29, 0.717) is 36.5 Å². The van der Waals surface area contributed by atoms with E-state index in [1.165, 1.54) is 4.90 Å². The molecule has 6 nitrogen and oxygen atoms in total. The topological polar surface area (TPSA) is 68.5 Å². The van der Waals surface area contributed by atoms with Gasteiger partial charge in [0.05, 0.1) is 18.2 Å². The molecule has 0 unspecified atom stereocenters. The number of para-hydroxylation sites is 1. The molecule has 144 valence electrons. The Labute approximate surface area is 159 Å². The summed E-state index contributed by atoms with van der Waals surface area (Å²) in [7, 11) is 1.55. The van der Waals surface area contributed by atoms with Gasteiger partial charge in [0.25, 0.3) is 5.91 Å². The molecule has 1 aliphatic rings. The van der Waals surface area contributed by atoms with Crippen molar-refractivity contribution in [3.8, 4) is 17.1 Å². The standard InChI is InChI=1S/C20H17F2N3O3/c1-27-17-7-3-2-5-13(17)18-23-19(28-24-18)16-6-4-10-25(16)20(26)14-11-12(21)8-9-15(14)22/h2-3,5,7-9,11,16H,4,6,10H2,1H3/t16-/m1/s1. The van der Waals surface area contributed by atoms with Crippen LogP contribution < -0.4 is 4.74 Å². The fraction of sp³-hybridized carbons (Fsp3) is 0.250. The number of rotatable bonds is 4. The fourth-order valence-electron chi connectivity index (χ4n) is 3.39. The van der Waals surface area contributed by atoms with Gasteiger partial charge < -0.3 is 14.2 Å². The van der Waals surface area contributed by atoms with Gasteiger partial charge >= 0.3 is 0 Å². The summed E-state index contributed by atoms with van der Waals surface area (Å²) < 4.78 is 38.2. The highest BCUT2D eigenvalue weighted by molar-refractivity contribution is 5.95. The number of hydrogen-bond acceptors (Lipinski definition) is 5. The third kappa shape index (κ3) is 3.21. The van der Waals surface area contributed by atoms with Crippen molar-refractivity contribution in [3.63, 3.8) is 0 Å². The predicted octanol–water partition coefficient (Wildman–Crippen LogP) is 4.00. The van der Waals surface area contributed by atoms with Crippen LogP contribution in [-0.2, 0) is 0 Å². The summed E-state index contributed by atoms with van der Waals surface area (Å²) in [5.74, 6) is -0.853. The number of methoxy groups -OCH3 is 1. The van der Waals surface area contributed by atoms with E-state index in [1.54, 1.807) is 19.2 Å². The molecular formula is C20H17F2N3O3. The number of benzene rings is 2. The summed E-state index contributed by atoms with van der Waals surface area (Å²) >= 11 is 0. The highest BCUT2D eigenvalue weighted by Gasteiger charge is 2.35. The molecule has 1 aliphatic heterocycles. The lowest BCUT2D eigenvalue weighted by Gasteiger charge is -2.22. The van der Waals surface area contributed by atoms with Crippen molar-refractivity contribution >= 4 is 5.91 Å². The van der Waals surface area contributed by atoms with Crippen molar-refractivity contribution in [1.29, 1.82) is 0 Å². The quantitative estimate of drug-likeness (QED) is 0.679. The first-order valence-corrected chi connectivity index (χ1v) is 8.81. The van der Waals surface area contributed by atoms with Crippen LogP contribution in [0.5, 0.6) is 5.75 Å². The van der Waals surface area contributed by atoms with E-state index in [2.05, 4.69) is 10.1 Å². The molecular weight excluding hydrogens is 368 g/mol. The molecule has 0 bridgehead atoms. The maximum Gasteiger partial charge on any atom is 0.257 e. The van der Waals surface area contributed by atoms with Crippen LogP contribution in [0.2, 0.25) is 0 Å². The Kier molecular flexibility index (Phi) is 4.77. The fourth-order valence-corrected chi connectivity index (χ4v) is 3.39. The summed E-state index contributed by atoms with van der Waals surface area (Å²) in [4.78, 5) is 18.7. The van der Waals surface area contributed by atoms with Crippen molar-refractivity contribution in [1.82, 2.24) is 15.0 Å². The monoisotopic (exact) mass is 385 g/mol. The van der Waals surface area contributed by atoms with Gasteiger partial charge in [0, 0.05) is 6.54 Å². The minimum Gasteiger partial charge on any atom is -0.496 e. The number of likely N-dealkylation sites (tertiary alicyclic amines) is 1. The number of amides is 1. The number of ether oxygens (including phenoxy) is 1. The third-order valence-electron chi connectivity index (χ3n) is 4.75. The molecule has 2 heterocycles. The van der Waals surface area contributed by atoms with Crippen molar-refractivity contribution in [2.75, 3.05) is 13.7 Å². The van der Waals surface area contributed by atoms with Crippen LogP contribution in [0.25, 0.3) is 11.4 Å². The Hall–Kier alpha value is -3.29. The Bertz CT molecular complexity index is 1020. The highest BCUT2D eigenvalue weighted by Crippen LogP contribution is 2.35. The van der Waals surface area contributed by atoms with Crippen LogP contribution in [0.1, 0.15) is 35.1 Å². The predicted molar refractivity (Wildman–Crippen MR) is 95.7 cm³/mol. The lowest BCUT2D eigenvalue weighted by atomic mass is 10.1. The van der Waals surface area contributed by atoms with Crippen LogP contribution in [0.3, 0.4) is 0 Å². The molecule has 0 spiro atoms. The number of halogens is 2. The first kappa shape index (κ1) is 18.1. The molecule has 0 radical (unpaired) electrons. The molecule has 1 atom stereocenters. The van der Waals surface area contributed by atoms with Crippen LogP contribution in [-0.4, -0.2) is 34.6 Å². The van der Waals surface area contributed by atoms with Crippen molar-refractivity contribution in [2.24, 2.45) is 0 Å². The average molecular weight is 385 g/mol. The zero-order chi connectivity index (χ0) is 19.7. The minimum absolute atomic E-state index is 0.253. The van der Waals surface area contributed by atoms with E-state index in [9.17, 15) is 13.6 Å². The van der Waals surface area contributed by atoms with Gasteiger partial charge in [-0.2, -0.15) is 4.98 Å². The second kappa shape index (κ2) is 7.38. The van der Waals surface area contributed by atoms with E-state index < -0.39 is 23.6 Å². The average Bonchev–Trinajstić information content (AvgIpc) is 3.38. The highest BCUT2D eigenvalue weighted by atomic mass is 19.1. The molecule has 2 aromatic carbocycles. The summed E-state index contributed by atoms with van der Waals surface area (Å²) in [6.45, 7) is 0.395. The minimum atomic E-state index is -0.766. The molecule has 1 saturated heterocycles. The molecule has 1 fully saturated rings. The van der Waals surface area contributed by atoms with Gasteiger partial charge in [0.1, 0.15) is 23.4 Å². The number of carbonyl (C=O) groups is 1. The van der Waals surface area contributed by atoms with Gasteiger partial charge in [-0.05, 0) is 43.2 Å². The molecule has 0 N–H and O–H groups in total. The zero-order valence-electron chi connectivity index (χ0n) is 15.1. The first-order chi connectivity index (χ1) is 13.6. The van der Waals surface area contributed by atoms with Crippen molar-refractivity contribution in [3.05, 3.63) is 65.6 Å². The Morgan fingerprint density at radius 2 is 2.07 bits per heavy atom. The van der Waals surface area contributed by atoms with E-state index >= 15 is 0 Å².